The standard InChI is InChI=1S/C23H32N4O2.C23H33N3O2/c24-23(5-6-23)21-25-12-17(19(27-21)14-3-1-2-4-14)20(28)26-18-15-7-13-8-16(18)11-22(29,9-13)10-15;1-13(2)21-24-12-18(20(25-21)15-5-3-4-6-15)22(27)26-19-16-7-14-8-17(19)11-23(28,9-14)10-16/h12-16,18,29H,1-11,24H2,(H,26,28);12-17,19,28H,3-11H2,1-2H3,(H,26,27)/t13?,15?,16?,18-,22+;14?,16?,17?,19-,23+. The molecular weight excluding hydrogens is 715 g/mol. The second kappa shape index (κ2) is 14.3. The quantitative estimate of drug-likeness (QED) is 0.196. The van der Waals surface area contributed by atoms with Gasteiger partial charge in [0.15, 0.2) is 0 Å². The molecule has 0 spiro atoms. The van der Waals surface area contributed by atoms with Crippen LogP contribution in [0.25, 0.3) is 0 Å². The molecule has 11 saturated carbocycles. The second-order valence-electron chi connectivity index (χ2n) is 21.2. The van der Waals surface area contributed by atoms with E-state index in [1.54, 1.807) is 12.4 Å². The molecule has 8 bridgehead atoms. The van der Waals surface area contributed by atoms with Crippen LogP contribution in [0.3, 0.4) is 0 Å². The number of nitrogens with zero attached hydrogens (tertiary/aromatic N) is 4. The van der Waals surface area contributed by atoms with Gasteiger partial charge in [-0.15, -0.1) is 0 Å². The normalized spacial score (nSPS) is 38.4. The van der Waals surface area contributed by atoms with E-state index in [1.807, 2.05) is 0 Å². The van der Waals surface area contributed by atoms with E-state index in [9.17, 15) is 19.8 Å². The van der Waals surface area contributed by atoms with Crippen molar-refractivity contribution in [3.8, 4) is 0 Å². The summed E-state index contributed by atoms with van der Waals surface area (Å²) in [5.41, 5.74) is 8.26. The van der Waals surface area contributed by atoms with Gasteiger partial charge in [-0.25, -0.2) is 19.9 Å². The minimum atomic E-state index is -0.475. The van der Waals surface area contributed by atoms with Gasteiger partial charge in [0.25, 0.3) is 11.8 Å². The lowest BCUT2D eigenvalue weighted by Gasteiger charge is -2.58. The van der Waals surface area contributed by atoms with Crippen molar-refractivity contribution < 1.29 is 19.8 Å². The Labute approximate surface area is 338 Å². The maximum absolute atomic E-state index is 13.4. The molecule has 4 atom stereocenters. The van der Waals surface area contributed by atoms with Gasteiger partial charge in [0.2, 0.25) is 0 Å². The zero-order chi connectivity index (χ0) is 39.3. The summed E-state index contributed by atoms with van der Waals surface area (Å²) in [4.78, 5) is 45.5. The number of carbonyl (C=O) groups excluding carboxylic acids is 2. The fourth-order valence-electron chi connectivity index (χ4n) is 13.9. The van der Waals surface area contributed by atoms with E-state index in [4.69, 9.17) is 15.7 Å². The monoisotopic (exact) mass is 780 g/mol. The van der Waals surface area contributed by atoms with Crippen molar-refractivity contribution in [3.05, 3.63) is 46.6 Å². The number of nitrogens with two attached hydrogens (primary N) is 1. The zero-order valence-corrected chi connectivity index (χ0v) is 34.2. The number of hydrogen-bond donors (Lipinski definition) is 5. The zero-order valence-electron chi connectivity index (χ0n) is 34.2. The minimum absolute atomic E-state index is 0.00155. The molecule has 13 rings (SSSR count). The molecule has 6 N–H and O–H groups in total. The van der Waals surface area contributed by atoms with Gasteiger partial charge in [-0.3, -0.25) is 9.59 Å². The van der Waals surface area contributed by atoms with Crippen molar-refractivity contribution in [1.82, 2.24) is 30.6 Å². The first kappa shape index (κ1) is 38.2. The van der Waals surface area contributed by atoms with Crippen LogP contribution in [0, 0.1) is 35.5 Å². The van der Waals surface area contributed by atoms with Crippen molar-refractivity contribution in [1.29, 1.82) is 0 Å². The van der Waals surface area contributed by atoms with Crippen LogP contribution in [0.1, 0.15) is 204 Å². The summed E-state index contributed by atoms with van der Waals surface area (Å²) >= 11 is 0. The number of aromatic nitrogens is 4. The molecule has 11 aliphatic rings. The minimum Gasteiger partial charge on any atom is -0.390 e. The molecule has 11 nitrogen and oxygen atoms in total. The lowest BCUT2D eigenvalue weighted by atomic mass is 9.52. The summed E-state index contributed by atoms with van der Waals surface area (Å²) in [6, 6.07) is 0.380. The molecule has 2 heterocycles. The highest BCUT2D eigenvalue weighted by atomic mass is 16.3. The van der Waals surface area contributed by atoms with E-state index in [0.717, 1.165) is 120 Å². The van der Waals surface area contributed by atoms with Crippen LogP contribution in [-0.4, -0.2) is 65.2 Å². The van der Waals surface area contributed by atoms with Gasteiger partial charge < -0.3 is 26.6 Å². The molecule has 308 valence electrons. The van der Waals surface area contributed by atoms with E-state index in [0.29, 0.717) is 64.3 Å². The van der Waals surface area contributed by atoms with Gasteiger partial charge in [-0.05, 0) is 138 Å². The maximum atomic E-state index is 13.4. The van der Waals surface area contributed by atoms with E-state index < -0.39 is 11.2 Å². The molecule has 11 aliphatic carbocycles. The Morgan fingerprint density at radius 1 is 0.667 bits per heavy atom. The number of rotatable bonds is 8. The van der Waals surface area contributed by atoms with Crippen LogP contribution in [0.5, 0.6) is 0 Å². The fraction of sp³-hybridized carbons (Fsp3) is 0.783. The number of carbonyl (C=O) groups is 2. The Balaban J connectivity index is 0.000000139. The molecule has 0 aliphatic heterocycles. The van der Waals surface area contributed by atoms with Crippen LogP contribution >= 0.6 is 0 Å². The highest BCUT2D eigenvalue weighted by Crippen LogP contribution is 2.57. The van der Waals surface area contributed by atoms with Crippen LogP contribution in [-0.2, 0) is 5.54 Å². The average Bonchev–Trinajstić information content (AvgIpc) is 3.53. The van der Waals surface area contributed by atoms with Gasteiger partial charge in [-0.1, -0.05) is 39.5 Å². The van der Waals surface area contributed by atoms with E-state index >= 15 is 0 Å². The first-order valence-corrected chi connectivity index (χ1v) is 22.9. The average molecular weight is 780 g/mol. The SMILES string of the molecule is CC(C)c1ncc(C(=O)N[C@H]2C3CC4CC2C[C@@](O)(C4)C3)c(C2CCCC2)n1.NC1(c2ncc(C(=O)N[C@H]3C4CC5CC3C[C@@](O)(C5)C4)c(C3CCCC3)n2)CC1. The molecule has 0 aromatic carbocycles. The summed E-state index contributed by atoms with van der Waals surface area (Å²) in [6.45, 7) is 4.21. The Kier molecular flexibility index (Phi) is 9.60. The van der Waals surface area contributed by atoms with Crippen LogP contribution in [0.15, 0.2) is 12.4 Å². The Hall–Kier alpha value is -3.02. The maximum Gasteiger partial charge on any atom is 0.254 e. The lowest BCUT2D eigenvalue weighted by Crippen LogP contribution is -2.61. The lowest BCUT2D eigenvalue weighted by molar-refractivity contribution is -0.137. The number of amides is 2. The third kappa shape index (κ3) is 7.23. The van der Waals surface area contributed by atoms with Crippen LogP contribution in [0.4, 0.5) is 0 Å². The third-order valence-corrected chi connectivity index (χ3v) is 16.5. The number of aliphatic hydroxyl groups is 2. The molecule has 2 amide bonds. The first-order chi connectivity index (χ1) is 27.3. The smallest absolute Gasteiger partial charge is 0.254 e. The Morgan fingerprint density at radius 3 is 1.49 bits per heavy atom. The van der Waals surface area contributed by atoms with Gasteiger partial charge in [-0.2, -0.15) is 0 Å². The molecule has 57 heavy (non-hydrogen) atoms. The molecule has 11 heteroatoms. The molecular formula is C46H65N7O4. The van der Waals surface area contributed by atoms with E-state index in [-0.39, 0.29) is 35.4 Å². The van der Waals surface area contributed by atoms with Crippen LogP contribution in [0.2, 0.25) is 0 Å². The van der Waals surface area contributed by atoms with Crippen molar-refractivity contribution >= 4 is 11.8 Å². The predicted octanol–water partition coefficient (Wildman–Crippen LogP) is 6.68. The summed E-state index contributed by atoms with van der Waals surface area (Å²) in [5, 5.41) is 28.4. The number of nitrogens with one attached hydrogen (secondary N) is 2. The molecule has 2 aromatic heterocycles. The second-order valence-corrected chi connectivity index (χ2v) is 21.2. The summed E-state index contributed by atoms with van der Waals surface area (Å²) < 4.78 is 0. The third-order valence-electron chi connectivity index (χ3n) is 16.5. The fourth-order valence-corrected chi connectivity index (χ4v) is 13.9. The predicted molar refractivity (Wildman–Crippen MR) is 215 cm³/mol. The molecule has 0 saturated heterocycles. The van der Waals surface area contributed by atoms with Crippen molar-refractivity contribution in [3.63, 3.8) is 0 Å². The Bertz CT molecular complexity index is 1850. The Morgan fingerprint density at radius 2 is 1.09 bits per heavy atom. The summed E-state index contributed by atoms with van der Waals surface area (Å²) in [5.74, 6) is 5.49. The van der Waals surface area contributed by atoms with Crippen molar-refractivity contribution in [2.75, 3.05) is 0 Å². The molecule has 0 radical (unpaired) electrons. The van der Waals surface area contributed by atoms with Gasteiger partial charge in [0.05, 0.1) is 39.3 Å². The molecule has 4 unspecified atom stereocenters. The van der Waals surface area contributed by atoms with Gasteiger partial charge in [0, 0.05) is 42.2 Å². The number of hydrogen-bond acceptors (Lipinski definition) is 9. The molecule has 11 fully saturated rings. The summed E-state index contributed by atoms with van der Waals surface area (Å²) in [6.07, 6.45) is 24.6. The van der Waals surface area contributed by atoms with Crippen LogP contribution < -0.4 is 16.4 Å². The molecule has 2 aromatic rings. The van der Waals surface area contributed by atoms with Gasteiger partial charge >= 0.3 is 0 Å². The highest BCUT2D eigenvalue weighted by molar-refractivity contribution is 5.96. The van der Waals surface area contributed by atoms with Crippen molar-refractivity contribution in [2.24, 2.45) is 41.2 Å². The summed E-state index contributed by atoms with van der Waals surface area (Å²) in [7, 11) is 0. The van der Waals surface area contributed by atoms with E-state index in [1.165, 1.54) is 25.7 Å². The topological polar surface area (TPSA) is 176 Å². The largest absolute Gasteiger partial charge is 0.390 e. The van der Waals surface area contributed by atoms with Gasteiger partial charge in [0.1, 0.15) is 11.6 Å². The highest BCUT2D eigenvalue weighted by Gasteiger charge is 2.56. The van der Waals surface area contributed by atoms with Crippen molar-refractivity contribution in [2.45, 2.75) is 189 Å². The first-order valence-electron chi connectivity index (χ1n) is 22.9. The van der Waals surface area contributed by atoms with E-state index in [2.05, 4.69) is 34.4 Å².